The van der Waals surface area contributed by atoms with Crippen molar-refractivity contribution in [1.29, 1.82) is 0 Å². The van der Waals surface area contributed by atoms with Gasteiger partial charge in [-0.1, -0.05) is 48.9 Å². The first-order chi connectivity index (χ1) is 26.5. The molecule has 8 nitrogen and oxygen atoms in total. The van der Waals surface area contributed by atoms with E-state index < -0.39 is 10.8 Å². The number of aromatic nitrogens is 4. The Labute approximate surface area is 333 Å². The zero-order chi connectivity index (χ0) is 38.0. The first-order valence-corrected chi connectivity index (χ1v) is 20.9. The van der Waals surface area contributed by atoms with Crippen LogP contribution < -0.4 is 21.8 Å². The van der Waals surface area contributed by atoms with Gasteiger partial charge in [0, 0.05) is 4.47 Å². The van der Waals surface area contributed by atoms with Gasteiger partial charge in [0.25, 0.3) is 11.1 Å². The molecule has 2 atom stereocenters. The molecular weight excluding hydrogens is 772 g/mol. The van der Waals surface area contributed by atoms with E-state index in [0.29, 0.717) is 33.5 Å². The molecule has 0 bridgehead atoms. The lowest BCUT2D eigenvalue weighted by molar-refractivity contribution is 0.451. The second kappa shape index (κ2) is 12.7. The molecule has 4 aliphatic rings. The molecule has 2 N–H and O–H groups in total. The van der Waals surface area contributed by atoms with Crippen LogP contribution in [0.5, 0.6) is 0 Å². The maximum atomic E-state index is 14.0. The second-order valence-electron chi connectivity index (χ2n) is 16.8. The van der Waals surface area contributed by atoms with Gasteiger partial charge in [0.1, 0.15) is 11.6 Å². The minimum Gasteiger partial charge on any atom is -0.317 e. The number of halogens is 2. The molecule has 4 aliphatic heterocycles. The number of fused-ring (bicyclic) bond motifs is 10. The number of rotatable bonds is 4. The third-order valence-electron chi connectivity index (χ3n) is 13.6. The van der Waals surface area contributed by atoms with Crippen LogP contribution in [0, 0.1) is 0 Å². The van der Waals surface area contributed by atoms with Crippen molar-refractivity contribution in [2.24, 2.45) is 0 Å². The maximum absolute atomic E-state index is 14.0. The van der Waals surface area contributed by atoms with Crippen molar-refractivity contribution in [3.05, 3.63) is 136 Å². The van der Waals surface area contributed by atoms with Gasteiger partial charge < -0.3 is 10.6 Å². The van der Waals surface area contributed by atoms with Crippen molar-refractivity contribution in [3.8, 4) is 11.4 Å². The van der Waals surface area contributed by atoms with Crippen molar-refractivity contribution < 1.29 is 0 Å². The molecule has 280 valence electrons. The predicted molar refractivity (Wildman–Crippen MR) is 224 cm³/mol. The van der Waals surface area contributed by atoms with Crippen LogP contribution >= 0.6 is 27.5 Å². The van der Waals surface area contributed by atoms with Gasteiger partial charge in [0.2, 0.25) is 0 Å². The van der Waals surface area contributed by atoms with Gasteiger partial charge in [0.05, 0.1) is 49.0 Å². The van der Waals surface area contributed by atoms with Crippen LogP contribution in [0.3, 0.4) is 0 Å². The van der Waals surface area contributed by atoms with Crippen molar-refractivity contribution in [2.75, 3.05) is 26.2 Å². The number of hydrogen-bond acceptors (Lipinski definition) is 6. The Morgan fingerprint density at radius 3 is 2.16 bits per heavy atom. The van der Waals surface area contributed by atoms with Crippen LogP contribution in [-0.2, 0) is 10.8 Å². The van der Waals surface area contributed by atoms with E-state index in [9.17, 15) is 9.59 Å². The Kier molecular flexibility index (Phi) is 8.13. The molecular formula is C45H44BrClN6O2. The van der Waals surface area contributed by atoms with E-state index in [1.54, 1.807) is 0 Å². The van der Waals surface area contributed by atoms with E-state index >= 15 is 0 Å². The Morgan fingerprint density at radius 2 is 1.42 bits per heavy atom. The molecule has 2 saturated heterocycles. The molecule has 55 heavy (non-hydrogen) atoms. The summed E-state index contributed by atoms with van der Waals surface area (Å²) >= 11 is 10.9. The van der Waals surface area contributed by atoms with E-state index in [-0.39, 0.29) is 17.0 Å². The lowest BCUT2D eigenvalue weighted by Crippen LogP contribution is -2.33. The van der Waals surface area contributed by atoms with Gasteiger partial charge in [-0.2, -0.15) is 9.97 Å². The van der Waals surface area contributed by atoms with Gasteiger partial charge in [-0.15, -0.1) is 0 Å². The molecule has 0 saturated carbocycles. The highest BCUT2D eigenvalue weighted by molar-refractivity contribution is 9.10. The van der Waals surface area contributed by atoms with Crippen LogP contribution in [0.2, 0.25) is 5.02 Å². The fourth-order valence-electron chi connectivity index (χ4n) is 10.5. The first-order valence-electron chi connectivity index (χ1n) is 19.7. The fraction of sp³-hybridized carbons (Fsp3) is 0.378. The lowest BCUT2D eigenvalue weighted by atomic mass is 9.69. The molecule has 0 aliphatic carbocycles. The number of benzene rings is 4. The minimum atomic E-state index is -0.717. The molecule has 0 amide bonds. The van der Waals surface area contributed by atoms with E-state index in [4.69, 9.17) is 21.6 Å². The van der Waals surface area contributed by atoms with Crippen molar-refractivity contribution in [3.63, 3.8) is 0 Å². The minimum absolute atomic E-state index is 0.198. The predicted octanol–water partition coefficient (Wildman–Crippen LogP) is 8.50. The number of nitrogens with zero attached hydrogens (tertiary/aromatic N) is 4. The molecule has 2 aromatic heterocycles. The summed E-state index contributed by atoms with van der Waals surface area (Å²) in [5, 5.41) is 8.40. The highest BCUT2D eigenvalue weighted by atomic mass is 79.9. The highest BCUT2D eigenvalue weighted by Crippen LogP contribution is 2.53. The largest absolute Gasteiger partial charge is 0.317 e. The maximum Gasteiger partial charge on any atom is 0.282 e. The smallest absolute Gasteiger partial charge is 0.282 e. The summed E-state index contributed by atoms with van der Waals surface area (Å²) < 4.78 is 5.11. The van der Waals surface area contributed by atoms with E-state index in [0.717, 1.165) is 95.7 Å². The Bertz CT molecular complexity index is 2730. The molecule has 6 aromatic rings. The standard InChI is InChI=1S/C45H44BrClN6O2/c1-24(45(4)30-21-27(25-13-17-48-18-14-25)11-12-33(30)52-34-9-6-8-31(46)37(34)40(54)51-43(45)52)28-22-32(47)38-36(23-28)53-35-10-5-7-29(26-15-19-49-20-16-26)39(35)44(2,3)42(53)50-41(38)55/h5-12,21-26,48-49H,13-20H2,1-4H3. The molecule has 6 heterocycles. The number of nitrogens with one attached hydrogen (secondary N) is 2. The number of piperidine rings is 2. The Morgan fingerprint density at radius 1 is 0.764 bits per heavy atom. The van der Waals surface area contributed by atoms with Gasteiger partial charge in [0.15, 0.2) is 0 Å². The van der Waals surface area contributed by atoms with Gasteiger partial charge in [-0.25, -0.2) is 0 Å². The van der Waals surface area contributed by atoms with Crippen LogP contribution in [0.15, 0.2) is 80.8 Å². The summed E-state index contributed by atoms with van der Waals surface area (Å²) in [5.41, 5.74) is 7.93. The molecule has 2 fully saturated rings. The third-order valence-corrected chi connectivity index (χ3v) is 14.5. The topological polar surface area (TPSA) is 93.8 Å². The number of hydrogen-bond donors (Lipinski definition) is 2. The van der Waals surface area contributed by atoms with E-state index in [1.807, 2.05) is 24.3 Å². The molecule has 2 unspecified atom stereocenters. The summed E-state index contributed by atoms with van der Waals surface area (Å²) in [6, 6.07) is 23.5. The SMILES string of the molecule is CC(c1cc(Cl)c2c(=O)nc3n(c2c1)-c1cccc(C2CCNCC2)c1C3(C)C)C1(C)c2cc(C3CCNCC3)ccc2-n2c1nc(=O)c1c(Br)cccc12. The molecule has 0 spiro atoms. The van der Waals surface area contributed by atoms with Gasteiger partial charge in [-0.3, -0.25) is 18.7 Å². The zero-order valence-corrected chi connectivity index (χ0v) is 33.9. The molecule has 10 rings (SSSR count). The summed E-state index contributed by atoms with van der Waals surface area (Å²) in [5.74, 6) is 2.13. The normalized spacial score (nSPS) is 21.1. The van der Waals surface area contributed by atoms with Gasteiger partial charge in [-0.05, 0) is 171 Å². The Hall–Kier alpha value is -4.15. The monoisotopic (exact) mass is 814 g/mol. The van der Waals surface area contributed by atoms with Crippen LogP contribution in [0.1, 0.15) is 111 Å². The van der Waals surface area contributed by atoms with Gasteiger partial charge >= 0.3 is 0 Å². The van der Waals surface area contributed by atoms with Crippen molar-refractivity contribution in [2.45, 2.75) is 82.0 Å². The summed E-state index contributed by atoms with van der Waals surface area (Å²) in [7, 11) is 0. The molecule has 4 aromatic carbocycles. The molecule has 0 radical (unpaired) electrons. The second-order valence-corrected chi connectivity index (χ2v) is 18.1. The van der Waals surface area contributed by atoms with E-state index in [1.165, 1.54) is 16.7 Å². The lowest BCUT2D eigenvalue weighted by Gasteiger charge is -2.33. The van der Waals surface area contributed by atoms with Crippen LogP contribution in [-0.4, -0.2) is 45.3 Å². The van der Waals surface area contributed by atoms with E-state index in [2.05, 4.69) is 106 Å². The fourth-order valence-corrected chi connectivity index (χ4v) is 11.3. The summed E-state index contributed by atoms with van der Waals surface area (Å²) in [6.45, 7) is 12.8. The first kappa shape index (κ1) is 35.3. The quantitative estimate of drug-likeness (QED) is 0.186. The zero-order valence-electron chi connectivity index (χ0n) is 31.6. The van der Waals surface area contributed by atoms with Crippen LogP contribution in [0.25, 0.3) is 33.2 Å². The Balaban J connectivity index is 1.21. The highest BCUT2D eigenvalue weighted by Gasteiger charge is 2.48. The van der Waals surface area contributed by atoms with Crippen LogP contribution in [0.4, 0.5) is 0 Å². The summed E-state index contributed by atoms with van der Waals surface area (Å²) in [4.78, 5) is 37.7. The molecule has 10 heteroatoms. The van der Waals surface area contributed by atoms with Crippen molar-refractivity contribution in [1.82, 2.24) is 29.7 Å². The average Bonchev–Trinajstić information content (AvgIpc) is 3.58. The van der Waals surface area contributed by atoms with Crippen molar-refractivity contribution >= 4 is 49.3 Å². The average molecular weight is 816 g/mol. The summed E-state index contributed by atoms with van der Waals surface area (Å²) in [6.07, 6.45) is 4.31. The third kappa shape index (κ3) is 5.02.